The van der Waals surface area contributed by atoms with Gasteiger partial charge in [0, 0.05) is 21.4 Å². The van der Waals surface area contributed by atoms with E-state index in [1.165, 1.54) is 10.5 Å². The highest BCUT2D eigenvalue weighted by Gasteiger charge is 2.38. The van der Waals surface area contributed by atoms with E-state index in [4.69, 9.17) is 0 Å². The number of anilines is 1. The number of nitrogens with one attached hydrogen (secondary N) is 1. The molecule has 1 aliphatic heterocycles. The van der Waals surface area contributed by atoms with Crippen LogP contribution >= 0.6 is 11.8 Å². The lowest BCUT2D eigenvalue weighted by molar-refractivity contribution is -0.111. The minimum atomic E-state index is -0.106. The predicted octanol–water partition coefficient (Wildman–Crippen LogP) is 5.89. The molecule has 1 aliphatic rings. The summed E-state index contributed by atoms with van der Waals surface area (Å²) in [5.74, 6) is -0.106. The second kappa shape index (κ2) is 6.72. The van der Waals surface area contributed by atoms with Gasteiger partial charge in [-0.15, -0.1) is 11.8 Å². The van der Waals surface area contributed by atoms with Gasteiger partial charge in [-0.2, -0.15) is 0 Å². The average molecular weight is 352 g/mol. The number of carbonyl (C=O) groups is 1. The lowest BCUT2D eigenvalue weighted by Gasteiger charge is -2.41. The van der Waals surface area contributed by atoms with Gasteiger partial charge in [-0.05, 0) is 47.2 Å². The fourth-order valence-corrected chi connectivity index (χ4v) is 5.25. The Bertz CT molecular complexity index is 806. The van der Waals surface area contributed by atoms with Crippen LogP contribution in [0.25, 0.3) is 6.08 Å². The van der Waals surface area contributed by atoms with Crippen molar-refractivity contribution in [1.29, 1.82) is 0 Å². The first-order chi connectivity index (χ1) is 11.8. The van der Waals surface area contributed by atoms with Gasteiger partial charge in [0.2, 0.25) is 5.91 Å². The molecule has 2 aromatic rings. The van der Waals surface area contributed by atoms with E-state index in [9.17, 15) is 4.79 Å². The fourth-order valence-electron chi connectivity index (χ4n) is 3.64. The van der Waals surface area contributed by atoms with E-state index in [1.54, 1.807) is 6.08 Å². The number of hydrogen-bond acceptors (Lipinski definition) is 2. The quantitative estimate of drug-likeness (QED) is 0.699. The molecule has 1 amide bonds. The molecule has 130 valence electrons. The second-order valence-corrected chi connectivity index (χ2v) is 9.62. The number of benzene rings is 2. The van der Waals surface area contributed by atoms with Gasteiger partial charge in [0.25, 0.3) is 0 Å². The van der Waals surface area contributed by atoms with E-state index in [0.29, 0.717) is 0 Å². The van der Waals surface area contributed by atoms with Crippen molar-refractivity contribution in [1.82, 2.24) is 0 Å². The van der Waals surface area contributed by atoms with Gasteiger partial charge in [0.1, 0.15) is 0 Å². The van der Waals surface area contributed by atoms with Crippen LogP contribution in [-0.2, 0) is 10.2 Å². The SMILES string of the molecule is CC1(C)CC(C)(C)c2cc(NC(=O)/C=C/c3ccccc3)ccc2S1. The van der Waals surface area contributed by atoms with Gasteiger partial charge >= 0.3 is 0 Å². The molecule has 0 atom stereocenters. The molecule has 0 saturated carbocycles. The second-order valence-electron chi connectivity index (χ2n) is 7.87. The van der Waals surface area contributed by atoms with Crippen LogP contribution < -0.4 is 5.32 Å². The average Bonchev–Trinajstić information content (AvgIpc) is 2.53. The van der Waals surface area contributed by atoms with Crippen LogP contribution in [0.15, 0.2) is 59.5 Å². The normalized spacial score (nSPS) is 17.9. The van der Waals surface area contributed by atoms with Crippen molar-refractivity contribution in [3.05, 3.63) is 65.7 Å². The summed E-state index contributed by atoms with van der Waals surface area (Å²) in [4.78, 5) is 13.5. The minimum Gasteiger partial charge on any atom is -0.323 e. The number of amides is 1. The van der Waals surface area contributed by atoms with E-state index < -0.39 is 0 Å². The van der Waals surface area contributed by atoms with Gasteiger partial charge in [0.05, 0.1) is 0 Å². The zero-order valence-electron chi connectivity index (χ0n) is 15.3. The molecule has 0 aliphatic carbocycles. The van der Waals surface area contributed by atoms with Crippen LogP contribution in [0, 0.1) is 0 Å². The zero-order chi connectivity index (χ0) is 18.1. The molecular weight excluding hydrogens is 326 g/mol. The summed E-state index contributed by atoms with van der Waals surface area (Å²) in [6, 6.07) is 16.1. The Morgan fingerprint density at radius 2 is 1.80 bits per heavy atom. The maximum atomic E-state index is 12.2. The molecule has 0 radical (unpaired) electrons. The van der Waals surface area contributed by atoms with Gasteiger partial charge in [-0.3, -0.25) is 4.79 Å². The first-order valence-electron chi connectivity index (χ1n) is 8.63. The standard InChI is InChI=1S/C22H25NOS/c1-21(2)15-22(3,4)25-19-12-11-17(14-18(19)21)23-20(24)13-10-16-8-6-5-7-9-16/h5-14H,15H2,1-4H3,(H,23,24)/b13-10+. The van der Waals surface area contributed by atoms with Gasteiger partial charge < -0.3 is 5.32 Å². The molecule has 0 aromatic heterocycles. The van der Waals surface area contributed by atoms with Crippen molar-refractivity contribution in [3.63, 3.8) is 0 Å². The molecular formula is C22H25NOS. The van der Waals surface area contributed by atoms with Gasteiger partial charge in [0.15, 0.2) is 0 Å². The summed E-state index contributed by atoms with van der Waals surface area (Å²) < 4.78 is 0.236. The largest absolute Gasteiger partial charge is 0.323 e. The maximum absolute atomic E-state index is 12.2. The number of carbonyl (C=O) groups excluding carboxylic acids is 1. The van der Waals surface area contributed by atoms with Crippen molar-refractivity contribution >= 4 is 29.4 Å². The molecule has 25 heavy (non-hydrogen) atoms. The van der Waals surface area contributed by atoms with Crippen LogP contribution in [0.4, 0.5) is 5.69 Å². The molecule has 0 fully saturated rings. The Hall–Kier alpha value is -2.00. The molecule has 1 N–H and O–H groups in total. The lowest BCUT2D eigenvalue weighted by atomic mass is 9.77. The van der Waals surface area contributed by atoms with Crippen LogP contribution in [0.3, 0.4) is 0 Å². The van der Waals surface area contributed by atoms with Gasteiger partial charge in [-0.1, -0.05) is 58.0 Å². The first kappa shape index (κ1) is 17.8. The molecule has 2 nitrogen and oxygen atoms in total. The molecule has 2 aromatic carbocycles. The highest BCUT2D eigenvalue weighted by molar-refractivity contribution is 8.00. The predicted molar refractivity (Wildman–Crippen MR) is 108 cm³/mol. The molecule has 3 rings (SSSR count). The van der Waals surface area contributed by atoms with E-state index in [-0.39, 0.29) is 16.1 Å². The summed E-state index contributed by atoms with van der Waals surface area (Å²) >= 11 is 1.92. The molecule has 0 bridgehead atoms. The molecule has 1 heterocycles. The van der Waals surface area contributed by atoms with E-state index in [2.05, 4.69) is 45.1 Å². The number of hydrogen-bond donors (Lipinski definition) is 1. The summed E-state index contributed by atoms with van der Waals surface area (Å²) in [5.41, 5.74) is 3.30. The Labute approximate surface area is 154 Å². The Morgan fingerprint density at radius 1 is 1.08 bits per heavy atom. The minimum absolute atomic E-state index is 0.102. The number of fused-ring (bicyclic) bond motifs is 1. The zero-order valence-corrected chi connectivity index (χ0v) is 16.1. The van der Waals surface area contributed by atoms with E-state index in [0.717, 1.165) is 17.7 Å². The van der Waals surface area contributed by atoms with Crippen molar-refractivity contribution in [2.75, 3.05) is 5.32 Å². The van der Waals surface area contributed by atoms with E-state index >= 15 is 0 Å². The third kappa shape index (κ3) is 4.35. The van der Waals surface area contributed by atoms with Crippen molar-refractivity contribution in [2.45, 2.75) is 49.2 Å². The monoisotopic (exact) mass is 351 g/mol. The van der Waals surface area contributed by atoms with Crippen LogP contribution in [0.1, 0.15) is 45.2 Å². The number of thioether (sulfide) groups is 1. The Kier molecular flexibility index (Phi) is 4.79. The Balaban J connectivity index is 1.77. The van der Waals surface area contributed by atoms with Crippen LogP contribution in [0.2, 0.25) is 0 Å². The summed E-state index contributed by atoms with van der Waals surface area (Å²) in [6.45, 7) is 9.17. The van der Waals surface area contributed by atoms with Crippen LogP contribution in [-0.4, -0.2) is 10.7 Å². The summed E-state index contributed by atoms with van der Waals surface area (Å²) in [5, 5.41) is 2.99. The topological polar surface area (TPSA) is 29.1 Å². The summed E-state index contributed by atoms with van der Waals surface area (Å²) in [7, 11) is 0. The molecule has 3 heteroatoms. The summed E-state index contributed by atoms with van der Waals surface area (Å²) in [6.07, 6.45) is 4.52. The third-order valence-electron chi connectivity index (χ3n) is 4.46. The smallest absolute Gasteiger partial charge is 0.248 e. The number of rotatable bonds is 3. The molecule has 0 unspecified atom stereocenters. The van der Waals surface area contributed by atoms with Crippen molar-refractivity contribution < 1.29 is 4.79 Å². The molecule has 0 saturated heterocycles. The lowest BCUT2D eigenvalue weighted by Crippen LogP contribution is -2.33. The van der Waals surface area contributed by atoms with Crippen molar-refractivity contribution in [3.8, 4) is 0 Å². The van der Waals surface area contributed by atoms with Gasteiger partial charge in [-0.25, -0.2) is 0 Å². The van der Waals surface area contributed by atoms with Crippen LogP contribution in [0.5, 0.6) is 0 Å². The Morgan fingerprint density at radius 3 is 2.52 bits per heavy atom. The first-order valence-corrected chi connectivity index (χ1v) is 9.45. The third-order valence-corrected chi connectivity index (χ3v) is 5.73. The fraction of sp³-hybridized carbons (Fsp3) is 0.318. The van der Waals surface area contributed by atoms with E-state index in [1.807, 2.05) is 54.2 Å². The highest BCUT2D eigenvalue weighted by Crippen LogP contribution is 2.51. The highest BCUT2D eigenvalue weighted by atomic mass is 32.2. The van der Waals surface area contributed by atoms with Crippen molar-refractivity contribution in [2.24, 2.45) is 0 Å². The maximum Gasteiger partial charge on any atom is 0.248 e. The molecule has 0 spiro atoms.